The fraction of sp³-hybridized carbons (Fsp3) is 0.273. The maximum absolute atomic E-state index is 11.0. The first-order valence-electron chi connectivity index (χ1n) is 5.02. The summed E-state index contributed by atoms with van der Waals surface area (Å²) in [6, 6.07) is 2.65. The summed E-state index contributed by atoms with van der Waals surface area (Å²) in [6.07, 6.45) is 0. The summed E-state index contributed by atoms with van der Waals surface area (Å²) in [5.41, 5.74) is 6.12. The number of aromatic carboxylic acids is 2. The molecule has 92 valence electrons. The van der Waals surface area contributed by atoms with Gasteiger partial charge in [-0.3, -0.25) is 0 Å². The van der Waals surface area contributed by atoms with E-state index in [9.17, 15) is 9.59 Å². The second-order valence-electron chi connectivity index (χ2n) is 3.54. The van der Waals surface area contributed by atoms with Gasteiger partial charge < -0.3 is 21.3 Å². The molecule has 0 spiro atoms. The molecule has 5 N–H and O–H groups in total. The molecular weight excluding hydrogens is 224 g/mol. The Labute approximate surface area is 98.1 Å². The Morgan fingerprint density at radius 1 is 1.24 bits per heavy atom. The Morgan fingerprint density at radius 2 is 1.82 bits per heavy atom. The van der Waals surface area contributed by atoms with E-state index in [-0.39, 0.29) is 11.1 Å². The van der Waals surface area contributed by atoms with Crippen LogP contribution in [0.15, 0.2) is 12.1 Å². The van der Waals surface area contributed by atoms with E-state index in [2.05, 4.69) is 5.32 Å². The normalized spacial score (nSPS) is 10.0. The summed E-state index contributed by atoms with van der Waals surface area (Å²) in [7, 11) is 0. The minimum Gasteiger partial charge on any atom is -0.478 e. The molecule has 0 unspecified atom stereocenters. The second-order valence-corrected chi connectivity index (χ2v) is 3.54. The fourth-order valence-electron chi connectivity index (χ4n) is 1.47. The van der Waals surface area contributed by atoms with Gasteiger partial charge in [-0.15, -0.1) is 0 Å². The van der Waals surface area contributed by atoms with E-state index >= 15 is 0 Å². The molecule has 0 saturated carbocycles. The Morgan fingerprint density at radius 3 is 2.29 bits per heavy atom. The number of nitrogens with two attached hydrogens (primary N) is 1. The van der Waals surface area contributed by atoms with Crippen LogP contribution in [-0.4, -0.2) is 35.2 Å². The Kier molecular flexibility index (Phi) is 4.06. The lowest BCUT2D eigenvalue weighted by atomic mass is 10.0. The molecule has 0 bridgehead atoms. The lowest BCUT2D eigenvalue weighted by Gasteiger charge is -2.11. The molecule has 17 heavy (non-hydrogen) atoms. The minimum atomic E-state index is -1.17. The topological polar surface area (TPSA) is 113 Å². The summed E-state index contributed by atoms with van der Waals surface area (Å²) in [5, 5.41) is 20.8. The van der Waals surface area contributed by atoms with Crippen LogP contribution >= 0.6 is 0 Å². The number of hydrogen-bond acceptors (Lipinski definition) is 4. The van der Waals surface area contributed by atoms with Crippen LogP contribution < -0.4 is 11.1 Å². The summed E-state index contributed by atoms with van der Waals surface area (Å²) < 4.78 is 0. The summed E-state index contributed by atoms with van der Waals surface area (Å²) >= 11 is 0. The van der Waals surface area contributed by atoms with Gasteiger partial charge in [-0.2, -0.15) is 0 Å². The van der Waals surface area contributed by atoms with Crippen LogP contribution in [0.2, 0.25) is 0 Å². The van der Waals surface area contributed by atoms with Gasteiger partial charge in [0.15, 0.2) is 0 Å². The smallest absolute Gasteiger partial charge is 0.337 e. The highest BCUT2D eigenvalue weighted by Crippen LogP contribution is 2.21. The molecule has 0 heterocycles. The highest BCUT2D eigenvalue weighted by molar-refractivity contribution is 5.99. The predicted molar refractivity (Wildman–Crippen MR) is 62.6 cm³/mol. The van der Waals surface area contributed by atoms with Crippen molar-refractivity contribution in [2.24, 2.45) is 5.73 Å². The number of anilines is 1. The van der Waals surface area contributed by atoms with Gasteiger partial charge in [0.1, 0.15) is 0 Å². The monoisotopic (exact) mass is 238 g/mol. The molecule has 1 rings (SSSR count). The van der Waals surface area contributed by atoms with E-state index < -0.39 is 11.9 Å². The highest BCUT2D eigenvalue weighted by Gasteiger charge is 2.16. The lowest BCUT2D eigenvalue weighted by molar-refractivity contribution is 0.0695. The molecule has 1 aromatic carbocycles. The largest absolute Gasteiger partial charge is 0.478 e. The molecule has 0 fully saturated rings. The molecule has 0 aromatic heterocycles. The number of carboxylic acid groups (broad SMARTS) is 2. The molecule has 6 heteroatoms. The van der Waals surface area contributed by atoms with Crippen molar-refractivity contribution in [3.8, 4) is 0 Å². The lowest BCUT2D eigenvalue weighted by Crippen LogP contribution is -2.16. The van der Waals surface area contributed by atoms with Gasteiger partial charge in [-0.05, 0) is 24.6 Å². The van der Waals surface area contributed by atoms with Gasteiger partial charge in [0.05, 0.1) is 11.1 Å². The first kappa shape index (κ1) is 13.0. The molecule has 0 aliphatic rings. The van der Waals surface area contributed by atoms with Gasteiger partial charge in [0, 0.05) is 18.8 Å². The first-order chi connectivity index (χ1) is 7.97. The van der Waals surface area contributed by atoms with Crippen molar-refractivity contribution in [2.75, 3.05) is 18.4 Å². The highest BCUT2D eigenvalue weighted by atomic mass is 16.4. The standard InChI is InChI=1S/C11H14N2O4/c1-6-4-9(13-3-2-12)8(11(16)17)5-7(6)10(14)15/h4-5,13H,2-3,12H2,1H3,(H,14,15)(H,16,17). The number of benzene rings is 1. The van der Waals surface area contributed by atoms with Crippen molar-refractivity contribution in [2.45, 2.75) is 6.92 Å². The molecule has 0 aliphatic heterocycles. The number of rotatable bonds is 5. The zero-order valence-electron chi connectivity index (χ0n) is 9.36. The van der Waals surface area contributed by atoms with E-state index in [4.69, 9.17) is 15.9 Å². The third-order valence-electron chi connectivity index (χ3n) is 2.29. The molecule has 0 radical (unpaired) electrons. The maximum atomic E-state index is 11.0. The van der Waals surface area contributed by atoms with Crippen LogP contribution in [0.3, 0.4) is 0 Å². The van der Waals surface area contributed by atoms with E-state index in [1.165, 1.54) is 6.07 Å². The molecule has 0 aliphatic carbocycles. The zero-order chi connectivity index (χ0) is 13.0. The summed E-state index contributed by atoms with van der Waals surface area (Å²) in [5.74, 6) is -2.32. The zero-order valence-corrected chi connectivity index (χ0v) is 9.36. The van der Waals surface area contributed by atoms with Gasteiger partial charge in [0.2, 0.25) is 0 Å². The minimum absolute atomic E-state index is 0.0132. The molecule has 1 aromatic rings. The van der Waals surface area contributed by atoms with Crippen molar-refractivity contribution in [3.05, 3.63) is 28.8 Å². The van der Waals surface area contributed by atoms with Crippen LogP contribution in [0.5, 0.6) is 0 Å². The SMILES string of the molecule is Cc1cc(NCCN)c(C(=O)O)cc1C(=O)O. The molecule has 0 amide bonds. The van der Waals surface area contributed by atoms with E-state index in [0.29, 0.717) is 24.3 Å². The van der Waals surface area contributed by atoms with Crippen molar-refractivity contribution in [1.82, 2.24) is 0 Å². The van der Waals surface area contributed by atoms with Crippen LogP contribution in [0.4, 0.5) is 5.69 Å². The van der Waals surface area contributed by atoms with Gasteiger partial charge in [-0.25, -0.2) is 9.59 Å². The molecular formula is C11H14N2O4. The molecule has 0 saturated heterocycles. The average molecular weight is 238 g/mol. The Hall–Kier alpha value is -2.08. The van der Waals surface area contributed by atoms with Crippen molar-refractivity contribution >= 4 is 17.6 Å². The Balaban J connectivity index is 3.25. The molecule has 6 nitrogen and oxygen atoms in total. The molecule has 0 atom stereocenters. The quantitative estimate of drug-likeness (QED) is 0.602. The maximum Gasteiger partial charge on any atom is 0.337 e. The third-order valence-corrected chi connectivity index (χ3v) is 2.29. The van der Waals surface area contributed by atoms with Crippen LogP contribution in [0.1, 0.15) is 26.3 Å². The number of nitrogens with one attached hydrogen (secondary N) is 1. The predicted octanol–water partition coefficient (Wildman–Crippen LogP) is 0.762. The summed E-state index contributed by atoms with van der Waals surface area (Å²) in [6.45, 7) is 2.40. The number of carboxylic acids is 2. The van der Waals surface area contributed by atoms with E-state index in [0.717, 1.165) is 6.07 Å². The van der Waals surface area contributed by atoms with Crippen molar-refractivity contribution in [3.63, 3.8) is 0 Å². The number of hydrogen-bond donors (Lipinski definition) is 4. The fourth-order valence-corrected chi connectivity index (χ4v) is 1.47. The first-order valence-corrected chi connectivity index (χ1v) is 5.02. The van der Waals surface area contributed by atoms with Crippen LogP contribution in [-0.2, 0) is 0 Å². The van der Waals surface area contributed by atoms with Gasteiger partial charge in [0.25, 0.3) is 0 Å². The van der Waals surface area contributed by atoms with Gasteiger partial charge in [-0.1, -0.05) is 0 Å². The average Bonchev–Trinajstić information content (AvgIpc) is 2.25. The van der Waals surface area contributed by atoms with Gasteiger partial charge >= 0.3 is 11.9 Å². The van der Waals surface area contributed by atoms with Crippen molar-refractivity contribution in [1.29, 1.82) is 0 Å². The number of carbonyl (C=O) groups is 2. The van der Waals surface area contributed by atoms with E-state index in [1.54, 1.807) is 6.92 Å². The Bertz CT molecular complexity index is 457. The second kappa shape index (κ2) is 5.31. The van der Waals surface area contributed by atoms with Crippen molar-refractivity contribution < 1.29 is 19.8 Å². The number of aryl methyl sites for hydroxylation is 1. The van der Waals surface area contributed by atoms with Crippen LogP contribution in [0, 0.1) is 6.92 Å². The summed E-state index contributed by atoms with van der Waals surface area (Å²) in [4.78, 5) is 21.9. The third kappa shape index (κ3) is 2.94. The van der Waals surface area contributed by atoms with E-state index in [1.807, 2.05) is 0 Å². The van der Waals surface area contributed by atoms with Crippen LogP contribution in [0.25, 0.3) is 0 Å².